The van der Waals surface area contributed by atoms with Gasteiger partial charge in [-0.25, -0.2) is 9.78 Å². The van der Waals surface area contributed by atoms with Gasteiger partial charge in [0.2, 0.25) is 0 Å². The Bertz CT molecular complexity index is 1040. The zero-order valence-corrected chi connectivity index (χ0v) is 18.1. The van der Waals surface area contributed by atoms with Crippen molar-refractivity contribution in [2.24, 2.45) is 10.8 Å². The molecule has 1 heterocycles. The molecule has 0 N–H and O–H groups in total. The summed E-state index contributed by atoms with van der Waals surface area (Å²) in [6.07, 6.45) is 0. The lowest BCUT2D eigenvalue weighted by Gasteiger charge is -2.30. The summed E-state index contributed by atoms with van der Waals surface area (Å²) in [5.41, 5.74) is 0.164. The summed E-state index contributed by atoms with van der Waals surface area (Å²) in [5, 5.41) is 12.6. The monoisotopic (exact) mass is 410 g/mol. The second kappa shape index (κ2) is 7.59. The van der Waals surface area contributed by atoms with E-state index in [4.69, 9.17) is 4.74 Å². The fourth-order valence-corrected chi connectivity index (χ4v) is 4.28. The molecule has 0 unspecified atom stereocenters. The first-order chi connectivity index (χ1) is 13.5. The highest BCUT2D eigenvalue weighted by Gasteiger charge is 2.37. The lowest BCUT2D eigenvalue weighted by Crippen LogP contribution is -2.38. The van der Waals surface area contributed by atoms with Gasteiger partial charge in [0, 0.05) is 11.0 Å². The summed E-state index contributed by atoms with van der Waals surface area (Å²) in [6.45, 7) is 8.96. The van der Waals surface area contributed by atoms with Crippen molar-refractivity contribution >= 4 is 33.3 Å². The minimum Gasteiger partial charge on any atom is -0.872 e. The van der Waals surface area contributed by atoms with Gasteiger partial charge in [0.15, 0.2) is 0 Å². The molecule has 6 heteroatoms. The quantitative estimate of drug-likeness (QED) is 0.563. The molecule has 152 valence electrons. The third-order valence-electron chi connectivity index (χ3n) is 4.60. The summed E-state index contributed by atoms with van der Waals surface area (Å²) in [4.78, 5) is 30.0. The van der Waals surface area contributed by atoms with Gasteiger partial charge in [-0.3, -0.25) is 4.79 Å². The average Bonchev–Trinajstić information content (AvgIpc) is 3.08. The van der Waals surface area contributed by atoms with Gasteiger partial charge in [-0.1, -0.05) is 51.1 Å². The number of fused-ring (bicyclic) bond motifs is 1. The molecule has 0 aliphatic carbocycles. The lowest BCUT2D eigenvalue weighted by atomic mass is 9.75. The number of hydrogen-bond acceptors (Lipinski definition) is 6. The standard InChI is InChI=1S/C23H25NO4S/c1-22(2,3)21(27)23(4,5)13-28-20(26)16-12-14(25)10-11-15(16)19-24-17-8-6-7-9-18(17)29-19/h6-12,25H,13H2,1-5H3/p-1. The Labute approximate surface area is 174 Å². The maximum atomic E-state index is 12.8. The molecular weight excluding hydrogens is 386 g/mol. The molecule has 0 aliphatic heterocycles. The second-order valence-corrected chi connectivity index (χ2v) is 9.76. The number of para-hydroxylation sites is 1. The molecular formula is C23H24NO4S-. The van der Waals surface area contributed by atoms with Gasteiger partial charge in [-0.2, -0.15) is 0 Å². The number of aromatic nitrogens is 1. The van der Waals surface area contributed by atoms with Crippen molar-refractivity contribution < 1.29 is 19.4 Å². The van der Waals surface area contributed by atoms with E-state index in [1.54, 1.807) is 19.9 Å². The van der Waals surface area contributed by atoms with Crippen LogP contribution in [0.15, 0.2) is 42.5 Å². The van der Waals surface area contributed by atoms with Crippen LogP contribution in [0.1, 0.15) is 45.0 Å². The van der Waals surface area contributed by atoms with E-state index in [-0.39, 0.29) is 23.7 Å². The molecule has 29 heavy (non-hydrogen) atoms. The van der Waals surface area contributed by atoms with E-state index in [2.05, 4.69) is 4.98 Å². The van der Waals surface area contributed by atoms with E-state index in [1.807, 2.05) is 45.0 Å². The highest BCUT2D eigenvalue weighted by molar-refractivity contribution is 7.21. The van der Waals surface area contributed by atoms with Crippen molar-refractivity contribution in [2.45, 2.75) is 34.6 Å². The Kier molecular flexibility index (Phi) is 5.50. The van der Waals surface area contributed by atoms with Crippen LogP contribution in [-0.4, -0.2) is 23.3 Å². The van der Waals surface area contributed by atoms with Crippen molar-refractivity contribution in [3.8, 4) is 16.3 Å². The molecule has 3 aromatic rings. The minimum absolute atomic E-state index is 0.00164. The number of ether oxygens (including phenoxy) is 1. The highest BCUT2D eigenvalue weighted by atomic mass is 32.1. The van der Waals surface area contributed by atoms with E-state index in [9.17, 15) is 14.7 Å². The van der Waals surface area contributed by atoms with Gasteiger partial charge in [0.25, 0.3) is 0 Å². The number of carbonyl (C=O) groups excluding carboxylic acids is 2. The summed E-state index contributed by atoms with van der Waals surface area (Å²) >= 11 is 1.44. The molecule has 0 atom stereocenters. The first kappa shape index (κ1) is 21.0. The molecule has 0 saturated carbocycles. The summed E-state index contributed by atoms with van der Waals surface area (Å²) < 4.78 is 6.47. The van der Waals surface area contributed by atoms with Gasteiger partial charge in [-0.05, 0) is 26.0 Å². The van der Waals surface area contributed by atoms with Crippen LogP contribution in [-0.2, 0) is 9.53 Å². The molecule has 0 amide bonds. The Morgan fingerprint density at radius 3 is 2.41 bits per heavy atom. The summed E-state index contributed by atoms with van der Waals surface area (Å²) in [5.74, 6) is -0.916. The number of Topliss-reactive ketones (excluding diaryl/α,β-unsaturated/α-hetero) is 1. The van der Waals surface area contributed by atoms with Gasteiger partial charge in [0.05, 0.1) is 21.2 Å². The number of benzene rings is 2. The molecule has 0 fully saturated rings. The van der Waals surface area contributed by atoms with Crippen molar-refractivity contribution in [3.05, 3.63) is 48.0 Å². The lowest BCUT2D eigenvalue weighted by molar-refractivity contribution is -0.268. The number of rotatable bonds is 5. The van der Waals surface area contributed by atoms with Crippen LogP contribution in [0.25, 0.3) is 20.8 Å². The first-order valence-corrected chi connectivity index (χ1v) is 10.2. The van der Waals surface area contributed by atoms with Gasteiger partial charge < -0.3 is 9.84 Å². The zero-order chi connectivity index (χ0) is 21.4. The van der Waals surface area contributed by atoms with Gasteiger partial charge in [-0.15, -0.1) is 17.1 Å². The van der Waals surface area contributed by atoms with Crippen LogP contribution in [0, 0.1) is 10.8 Å². The molecule has 0 bridgehead atoms. The Morgan fingerprint density at radius 2 is 1.76 bits per heavy atom. The highest BCUT2D eigenvalue weighted by Crippen LogP contribution is 2.34. The van der Waals surface area contributed by atoms with Crippen LogP contribution in [0.3, 0.4) is 0 Å². The number of ketones is 1. The number of thiazole rings is 1. The van der Waals surface area contributed by atoms with Crippen LogP contribution >= 0.6 is 11.3 Å². The molecule has 5 nitrogen and oxygen atoms in total. The molecule has 0 spiro atoms. The van der Waals surface area contributed by atoms with E-state index in [1.165, 1.54) is 23.5 Å². The number of esters is 1. The van der Waals surface area contributed by atoms with E-state index >= 15 is 0 Å². The van der Waals surface area contributed by atoms with Crippen LogP contribution in [0.2, 0.25) is 0 Å². The maximum absolute atomic E-state index is 12.8. The van der Waals surface area contributed by atoms with Crippen LogP contribution in [0.5, 0.6) is 5.75 Å². The normalized spacial score (nSPS) is 12.2. The number of nitrogens with zero attached hydrogens (tertiary/aromatic N) is 1. The van der Waals surface area contributed by atoms with E-state index < -0.39 is 16.8 Å². The molecule has 3 rings (SSSR count). The fourth-order valence-electron chi connectivity index (χ4n) is 3.27. The first-order valence-electron chi connectivity index (χ1n) is 9.38. The number of carbonyl (C=O) groups is 2. The maximum Gasteiger partial charge on any atom is 0.338 e. The third-order valence-corrected chi connectivity index (χ3v) is 5.66. The third kappa shape index (κ3) is 4.48. The van der Waals surface area contributed by atoms with Crippen molar-refractivity contribution in [1.29, 1.82) is 0 Å². The Morgan fingerprint density at radius 1 is 1.07 bits per heavy atom. The topological polar surface area (TPSA) is 79.3 Å². The fraction of sp³-hybridized carbons (Fsp3) is 0.348. The zero-order valence-electron chi connectivity index (χ0n) is 17.2. The Hall–Kier alpha value is -2.73. The summed E-state index contributed by atoms with van der Waals surface area (Å²) in [6, 6.07) is 12.0. The predicted molar refractivity (Wildman–Crippen MR) is 113 cm³/mol. The summed E-state index contributed by atoms with van der Waals surface area (Å²) in [7, 11) is 0. The van der Waals surface area contributed by atoms with Gasteiger partial charge in [0.1, 0.15) is 17.4 Å². The van der Waals surface area contributed by atoms with Crippen LogP contribution < -0.4 is 5.11 Å². The minimum atomic E-state index is -0.834. The smallest absolute Gasteiger partial charge is 0.338 e. The SMILES string of the molecule is CC(C)(C)C(=O)C(C)(C)COC(=O)c1cc([O-])ccc1-c1nc2ccccc2s1. The molecule has 0 radical (unpaired) electrons. The Balaban J connectivity index is 1.89. The van der Waals surface area contributed by atoms with Crippen molar-refractivity contribution in [1.82, 2.24) is 4.98 Å². The van der Waals surface area contributed by atoms with Crippen LogP contribution in [0.4, 0.5) is 0 Å². The van der Waals surface area contributed by atoms with E-state index in [0.717, 1.165) is 10.2 Å². The molecule has 0 saturated heterocycles. The molecule has 1 aromatic heterocycles. The number of hydrogen-bond donors (Lipinski definition) is 0. The molecule has 2 aromatic carbocycles. The largest absolute Gasteiger partial charge is 0.872 e. The van der Waals surface area contributed by atoms with Crippen molar-refractivity contribution in [3.63, 3.8) is 0 Å². The second-order valence-electron chi connectivity index (χ2n) is 8.73. The average molecular weight is 411 g/mol. The van der Waals surface area contributed by atoms with Gasteiger partial charge >= 0.3 is 5.97 Å². The molecule has 0 aliphatic rings. The predicted octanol–water partition coefficient (Wildman–Crippen LogP) is 4.84. The van der Waals surface area contributed by atoms with Crippen molar-refractivity contribution in [2.75, 3.05) is 6.61 Å². The van der Waals surface area contributed by atoms with E-state index in [0.29, 0.717) is 10.6 Å².